The van der Waals surface area contributed by atoms with Crippen molar-refractivity contribution in [2.75, 3.05) is 11.9 Å². The van der Waals surface area contributed by atoms with Gasteiger partial charge < -0.3 is 4.90 Å². The van der Waals surface area contributed by atoms with Crippen LogP contribution in [0.3, 0.4) is 0 Å². The molecule has 0 aliphatic carbocycles. The Morgan fingerprint density at radius 2 is 1.47 bits per heavy atom. The molecule has 2 rings (SSSR count). The van der Waals surface area contributed by atoms with Gasteiger partial charge in [0.15, 0.2) is 0 Å². The first-order chi connectivity index (χ1) is 6.95. The fourth-order valence-corrected chi connectivity index (χ4v) is 2.75. The van der Waals surface area contributed by atoms with Gasteiger partial charge in [-0.2, -0.15) is 0 Å². The average Bonchev–Trinajstić information content (AvgIpc) is 2.50. The lowest BCUT2D eigenvalue weighted by atomic mass is 9.92. The minimum Gasteiger partial charge on any atom is -0.371 e. The SMILES string of the molecule is Cc1c(C)c(C)c2c(c1C)CC(C)N2C. The van der Waals surface area contributed by atoms with Gasteiger partial charge in [-0.05, 0) is 68.9 Å². The molecule has 1 unspecified atom stereocenters. The van der Waals surface area contributed by atoms with Gasteiger partial charge in [0, 0.05) is 18.8 Å². The summed E-state index contributed by atoms with van der Waals surface area (Å²) in [4.78, 5) is 2.43. The number of hydrogen-bond acceptors (Lipinski definition) is 1. The maximum absolute atomic E-state index is 2.43. The predicted octanol–water partition coefficient (Wildman–Crippen LogP) is 3.30. The topological polar surface area (TPSA) is 3.24 Å². The molecule has 0 radical (unpaired) electrons. The normalized spacial score (nSPS) is 19.6. The van der Waals surface area contributed by atoms with Crippen LogP contribution >= 0.6 is 0 Å². The Balaban J connectivity index is 2.75. The second kappa shape index (κ2) is 3.26. The van der Waals surface area contributed by atoms with E-state index >= 15 is 0 Å². The molecule has 0 bridgehead atoms. The standard InChI is InChI=1S/C14H21N/c1-8-7-13-11(4)9(2)10(3)12(5)14(13)15(8)6/h8H,7H2,1-6H3. The molecule has 0 N–H and O–H groups in total. The molecule has 82 valence electrons. The first-order valence-corrected chi connectivity index (χ1v) is 5.77. The van der Waals surface area contributed by atoms with Crippen molar-refractivity contribution in [3.05, 3.63) is 27.8 Å². The van der Waals surface area contributed by atoms with Crippen LogP contribution in [0.5, 0.6) is 0 Å². The number of likely N-dealkylation sites (N-methyl/N-ethyl adjacent to an activating group) is 1. The van der Waals surface area contributed by atoms with Gasteiger partial charge in [0.2, 0.25) is 0 Å². The van der Waals surface area contributed by atoms with E-state index in [4.69, 9.17) is 0 Å². The van der Waals surface area contributed by atoms with E-state index in [1.165, 1.54) is 34.4 Å². The molecule has 1 heterocycles. The van der Waals surface area contributed by atoms with Gasteiger partial charge in [-0.1, -0.05) is 0 Å². The Bertz CT molecular complexity index is 418. The number of nitrogens with zero attached hydrogens (tertiary/aromatic N) is 1. The molecule has 1 atom stereocenters. The van der Waals surface area contributed by atoms with Crippen LogP contribution in [-0.2, 0) is 6.42 Å². The van der Waals surface area contributed by atoms with Crippen molar-refractivity contribution >= 4 is 5.69 Å². The molecule has 0 aromatic heterocycles. The van der Waals surface area contributed by atoms with Crippen LogP contribution in [0.1, 0.15) is 34.7 Å². The molecule has 0 saturated heterocycles. The van der Waals surface area contributed by atoms with Crippen molar-refractivity contribution in [1.82, 2.24) is 0 Å². The summed E-state index contributed by atoms with van der Waals surface area (Å²) in [5, 5.41) is 0. The molecular formula is C14H21N. The average molecular weight is 203 g/mol. The third-order valence-electron chi connectivity index (χ3n) is 4.29. The highest BCUT2D eigenvalue weighted by Crippen LogP contribution is 2.39. The molecule has 15 heavy (non-hydrogen) atoms. The molecule has 1 aromatic rings. The van der Waals surface area contributed by atoms with Gasteiger partial charge >= 0.3 is 0 Å². The van der Waals surface area contributed by atoms with Crippen LogP contribution in [0.15, 0.2) is 0 Å². The minimum absolute atomic E-state index is 0.651. The fraction of sp³-hybridized carbons (Fsp3) is 0.571. The van der Waals surface area contributed by atoms with E-state index in [0.717, 1.165) is 0 Å². The zero-order valence-electron chi connectivity index (χ0n) is 10.7. The summed E-state index contributed by atoms with van der Waals surface area (Å²) in [6.07, 6.45) is 1.21. The van der Waals surface area contributed by atoms with Gasteiger partial charge in [0.25, 0.3) is 0 Å². The zero-order chi connectivity index (χ0) is 11.3. The highest BCUT2D eigenvalue weighted by molar-refractivity contribution is 5.69. The number of anilines is 1. The summed E-state index contributed by atoms with van der Waals surface area (Å²) in [5.74, 6) is 0. The third-order valence-corrected chi connectivity index (χ3v) is 4.29. The largest absolute Gasteiger partial charge is 0.371 e. The monoisotopic (exact) mass is 203 g/mol. The van der Waals surface area contributed by atoms with E-state index in [1.54, 1.807) is 5.56 Å². The maximum Gasteiger partial charge on any atom is 0.0434 e. The maximum atomic E-state index is 2.43. The Kier molecular flexibility index (Phi) is 2.29. The van der Waals surface area contributed by atoms with Crippen molar-refractivity contribution in [2.24, 2.45) is 0 Å². The first-order valence-electron chi connectivity index (χ1n) is 5.77. The zero-order valence-corrected chi connectivity index (χ0v) is 10.7. The minimum atomic E-state index is 0.651. The van der Waals surface area contributed by atoms with Crippen LogP contribution in [-0.4, -0.2) is 13.1 Å². The summed E-state index contributed by atoms with van der Waals surface area (Å²) in [7, 11) is 2.22. The summed E-state index contributed by atoms with van der Waals surface area (Å²) in [5.41, 5.74) is 8.99. The predicted molar refractivity (Wildman–Crippen MR) is 67.0 cm³/mol. The van der Waals surface area contributed by atoms with Gasteiger partial charge in [-0.25, -0.2) is 0 Å². The van der Waals surface area contributed by atoms with Crippen LogP contribution in [0, 0.1) is 27.7 Å². The number of fused-ring (bicyclic) bond motifs is 1. The lowest BCUT2D eigenvalue weighted by Gasteiger charge is -2.22. The Labute approximate surface area is 93.1 Å². The second-order valence-electron chi connectivity index (χ2n) is 4.99. The van der Waals surface area contributed by atoms with Gasteiger partial charge in [0.1, 0.15) is 0 Å². The third kappa shape index (κ3) is 1.29. The smallest absolute Gasteiger partial charge is 0.0434 e. The van der Waals surface area contributed by atoms with E-state index in [0.29, 0.717) is 6.04 Å². The summed E-state index contributed by atoms with van der Waals surface area (Å²) in [6.45, 7) is 11.3. The van der Waals surface area contributed by atoms with Crippen LogP contribution in [0.2, 0.25) is 0 Å². The highest BCUT2D eigenvalue weighted by Gasteiger charge is 2.27. The van der Waals surface area contributed by atoms with E-state index < -0.39 is 0 Å². The molecule has 0 amide bonds. The molecule has 1 aliphatic rings. The summed E-state index contributed by atoms with van der Waals surface area (Å²) >= 11 is 0. The highest BCUT2D eigenvalue weighted by atomic mass is 15.2. The summed E-state index contributed by atoms with van der Waals surface area (Å²) in [6, 6.07) is 0.651. The molecule has 1 heteroatoms. The lowest BCUT2D eigenvalue weighted by molar-refractivity contribution is 0.730. The van der Waals surface area contributed by atoms with Crippen LogP contribution in [0.4, 0.5) is 5.69 Å². The molecule has 1 aliphatic heterocycles. The van der Waals surface area contributed by atoms with E-state index in [9.17, 15) is 0 Å². The number of rotatable bonds is 0. The number of hydrogen-bond donors (Lipinski definition) is 0. The van der Waals surface area contributed by atoms with Gasteiger partial charge in [-0.3, -0.25) is 0 Å². The molecule has 0 spiro atoms. The van der Waals surface area contributed by atoms with Crippen molar-refractivity contribution in [1.29, 1.82) is 0 Å². The van der Waals surface area contributed by atoms with Crippen molar-refractivity contribution in [3.63, 3.8) is 0 Å². The van der Waals surface area contributed by atoms with Crippen LogP contribution in [0.25, 0.3) is 0 Å². The Morgan fingerprint density at radius 3 is 2.07 bits per heavy atom. The second-order valence-corrected chi connectivity index (χ2v) is 4.99. The van der Waals surface area contributed by atoms with E-state index in [1.807, 2.05) is 0 Å². The number of benzene rings is 1. The molecule has 0 fully saturated rings. The van der Waals surface area contributed by atoms with Crippen molar-refractivity contribution in [2.45, 2.75) is 47.1 Å². The van der Waals surface area contributed by atoms with Crippen molar-refractivity contribution in [3.8, 4) is 0 Å². The molecule has 1 nitrogen and oxygen atoms in total. The van der Waals surface area contributed by atoms with Gasteiger partial charge in [-0.15, -0.1) is 0 Å². The summed E-state index contributed by atoms with van der Waals surface area (Å²) < 4.78 is 0. The first kappa shape index (κ1) is 10.5. The Hall–Kier alpha value is -0.980. The molecule has 1 aromatic carbocycles. The Morgan fingerprint density at radius 1 is 0.933 bits per heavy atom. The quantitative estimate of drug-likeness (QED) is 0.625. The van der Waals surface area contributed by atoms with E-state index in [-0.39, 0.29) is 0 Å². The molecule has 0 saturated carbocycles. The lowest BCUT2D eigenvalue weighted by Crippen LogP contribution is -2.24. The van der Waals surface area contributed by atoms with Crippen LogP contribution < -0.4 is 4.90 Å². The van der Waals surface area contributed by atoms with Gasteiger partial charge in [0.05, 0.1) is 0 Å². The fourth-order valence-electron chi connectivity index (χ4n) is 2.75. The van der Waals surface area contributed by atoms with E-state index in [2.05, 4.69) is 46.6 Å². The molecular weight excluding hydrogens is 182 g/mol. The van der Waals surface area contributed by atoms with Crippen molar-refractivity contribution < 1.29 is 0 Å².